The summed E-state index contributed by atoms with van der Waals surface area (Å²) in [5.41, 5.74) is 2.83. The second kappa shape index (κ2) is 6.78. The highest BCUT2D eigenvalue weighted by Crippen LogP contribution is 2.78. The van der Waals surface area contributed by atoms with E-state index in [1.165, 1.54) is 64.2 Å². The van der Waals surface area contributed by atoms with Crippen LogP contribution in [0.1, 0.15) is 127 Å². The Morgan fingerprint density at radius 3 is 1.81 bits per heavy atom. The molecule has 31 heavy (non-hydrogen) atoms. The van der Waals surface area contributed by atoms with Crippen LogP contribution in [0.2, 0.25) is 0 Å². The van der Waals surface area contributed by atoms with Crippen LogP contribution in [0, 0.1) is 68.5 Å². The molecule has 5 rings (SSSR count). The molecule has 5 aliphatic carbocycles. The van der Waals surface area contributed by atoms with E-state index in [2.05, 4.69) is 62.3 Å². The molecule has 0 aliphatic heterocycles. The molecule has 0 aromatic carbocycles. The molecule has 0 saturated heterocycles. The fraction of sp³-hybridized carbons (Fsp3) is 1.00. The van der Waals surface area contributed by atoms with Crippen LogP contribution in [-0.4, -0.2) is 0 Å². The first-order chi connectivity index (χ1) is 14.3. The van der Waals surface area contributed by atoms with Crippen molar-refractivity contribution in [2.75, 3.05) is 0 Å². The number of fused-ring (bicyclic) bond motifs is 7. The Labute approximate surface area is 195 Å². The van der Waals surface area contributed by atoms with Crippen molar-refractivity contribution in [2.45, 2.75) is 127 Å². The molecule has 0 nitrogen and oxygen atoms in total. The highest BCUT2D eigenvalue weighted by atomic mass is 14.7. The van der Waals surface area contributed by atoms with Crippen molar-refractivity contribution in [3.05, 3.63) is 0 Å². The lowest BCUT2D eigenvalue weighted by molar-refractivity contribution is -0.245. The van der Waals surface area contributed by atoms with Crippen molar-refractivity contribution in [2.24, 2.45) is 68.5 Å². The Kier molecular flexibility index (Phi) is 4.98. The third-order valence-electron chi connectivity index (χ3n) is 13.7. The number of hydrogen-bond acceptors (Lipinski definition) is 0. The number of hydrogen-bond donors (Lipinski definition) is 0. The van der Waals surface area contributed by atoms with Crippen LogP contribution >= 0.6 is 0 Å². The molecular weight excluding hydrogens is 372 g/mol. The smallest absolute Gasteiger partial charge is 0.0235 e. The monoisotopic (exact) mass is 426 g/mol. The summed E-state index contributed by atoms with van der Waals surface area (Å²) >= 11 is 0. The fourth-order valence-corrected chi connectivity index (χ4v) is 12.8. The summed E-state index contributed by atoms with van der Waals surface area (Å²) < 4.78 is 0. The van der Waals surface area contributed by atoms with E-state index in [1.54, 1.807) is 0 Å². The first-order valence-corrected chi connectivity index (χ1v) is 14.3. The lowest BCUT2D eigenvalue weighted by atomic mass is 9.31. The molecule has 0 amide bonds. The Balaban J connectivity index is 1.53. The van der Waals surface area contributed by atoms with Gasteiger partial charge in [-0.25, -0.2) is 0 Å². The Morgan fingerprint density at radius 2 is 1.19 bits per heavy atom. The molecule has 5 saturated carbocycles. The van der Waals surface area contributed by atoms with Crippen LogP contribution in [-0.2, 0) is 0 Å². The van der Waals surface area contributed by atoms with Crippen LogP contribution < -0.4 is 0 Å². The van der Waals surface area contributed by atoms with E-state index in [4.69, 9.17) is 0 Å². The van der Waals surface area contributed by atoms with Gasteiger partial charge in [0.05, 0.1) is 0 Å². The Hall–Kier alpha value is 0. The molecule has 0 heterocycles. The first kappa shape index (κ1) is 22.8. The highest BCUT2D eigenvalue weighted by molar-refractivity contribution is 5.19. The first-order valence-electron chi connectivity index (χ1n) is 14.3. The molecule has 0 bridgehead atoms. The minimum Gasteiger partial charge on any atom is -0.0625 e. The van der Waals surface area contributed by atoms with Gasteiger partial charge in [-0.2, -0.15) is 0 Å². The van der Waals surface area contributed by atoms with Crippen molar-refractivity contribution in [1.82, 2.24) is 0 Å². The normalized spacial score (nSPS) is 58.3. The Bertz CT molecular complexity index is 718. The second-order valence-electron chi connectivity index (χ2n) is 15.7. The predicted octanol–water partition coefficient (Wildman–Crippen LogP) is 9.38. The summed E-state index contributed by atoms with van der Waals surface area (Å²) in [6.45, 7) is 24.0. The van der Waals surface area contributed by atoms with Crippen LogP contribution in [0.5, 0.6) is 0 Å². The van der Waals surface area contributed by atoms with Gasteiger partial charge in [0, 0.05) is 0 Å². The molecule has 5 fully saturated rings. The van der Waals surface area contributed by atoms with Crippen molar-refractivity contribution in [1.29, 1.82) is 0 Å². The summed E-state index contributed by atoms with van der Waals surface area (Å²) in [5.74, 6) is 6.64. The predicted molar refractivity (Wildman–Crippen MR) is 134 cm³/mol. The van der Waals surface area contributed by atoms with Gasteiger partial charge >= 0.3 is 0 Å². The second-order valence-corrected chi connectivity index (χ2v) is 15.7. The van der Waals surface area contributed by atoms with E-state index >= 15 is 0 Å². The van der Waals surface area contributed by atoms with Crippen LogP contribution in [0.15, 0.2) is 0 Å². The molecule has 0 heteroatoms. The Morgan fingerprint density at radius 1 is 0.613 bits per heavy atom. The highest BCUT2D eigenvalue weighted by Gasteiger charge is 2.70. The van der Waals surface area contributed by atoms with Gasteiger partial charge in [0.15, 0.2) is 0 Å². The molecule has 0 aromatic rings. The van der Waals surface area contributed by atoms with Gasteiger partial charge in [0.2, 0.25) is 0 Å². The minimum absolute atomic E-state index is 0.533. The largest absolute Gasteiger partial charge is 0.0625 e. The standard InChI is InChI=1S/C31H54/c1-20(2)22-12-15-28(6)23(22)13-16-30(8)25(28)10-11-26-29(7)19-21(3)18-27(4,5)24(29)14-17-31(26,30)9/h20-26H,10-19H2,1-9H3/t21-,22?,23-,24-,25+,26+,28-,29-,30+,31+/m0/s1. The number of rotatable bonds is 1. The summed E-state index contributed by atoms with van der Waals surface area (Å²) in [6, 6.07) is 0. The summed E-state index contributed by atoms with van der Waals surface area (Å²) in [7, 11) is 0. The van der Waals surface area contributed by atoms with E-state index < -0.39 is 0 Å². The third kappa shape index (κ3) is 2.78. The van der Waals surface area contributed by atoms with E-state index in [0.717, 1.165) is 41.4 Å². The topological polar surface area (TPSA) is 0 Å². The third-order valence-corrected chi connectivity index (χ3v) is 13.7. The quantitative estimate of drug-likeness (QED) is 0.391. The maximum absolute atomic E-state index is 2.82. The van der Waals surface area contributed by atoms with Crippen LogP contribution in [0.25, 0.3) is 0 Å². The molecule has 5 aliphatic rings. The summed E-state index contributed by atoms with van der Waals surface area (Å²) in [5, 5.41) is 0. The van der Waals surface area contributed by atoms with Crippen molar-refractivity contribution in [3.63, 3.8) is 0 Å². The van der Waals surface area contributed by atoms with Crippen LogP contribution in [0.3, 0.4) is 0 Å². The molecule has 1 unspecified atom stereocenters. The average Bonchev–Trinajstić information content (AvgIpc) is 2.98. The summed E-state index contributed by atoms with van der Waals surface area (Å²) in [4.78, 5) is 0. The van der Waals surface area contributed by atoms with Crippen LogP contribution in [0.4, 0.5) is 0 Å². The lowest BCUT2D eigenvalue weighted by Crippen LogP contribution is -2.66. The van der Waals surface area contributed by atoms with Gasteiger partial charge in [0.25, 0.3) is 0 Å². The van der Waals surface area contributed by atoms with Gasteiger partial charge in [0.1, 0.15) is 0 Å². The summed E-state index contributed by atoms with van der Waals surface area (Å²) in [6.07, 6.45) is 15.1. The minimum atomic E-state index is 0.533. The molecule has 0 N–H and O–H groups in total. The van der Waals surface area contributed by atoms with E-state index in [1.807, 2.05) is 0 Å². The zero-order chi connectivity index (χ0) is 22.6. The van der Waals surface area contributed by atoms with Gasteiger partial charge in [-0.3, -0.25) is 0 Å². The van der Waals surface area contributed by atoms with Crippen molar-refractivity contribution >= 4 is 0 Å². The molecular formula is C31H54. The van der Waals surface area contributed by atoms with Gasteiger partial charge < -0.3 is 0 Å². The van der Waals surface area contributed by atoms with Gasteiger partial charge in [-0.15, -0.1) is 0 Å². The van der Waals surface area contributed by atoms with Crippen molar-refractivity contribution in [3.8, 4) is 0 Å². The maximum Gasteiger partial charge on any atom is -0.0235 e. The average molecular weight is 427 g/mol. The van der Waals surface area contributed by atoms with Gasteiger partial charge in [-0.1, -0.05) is 62.3 Å². The van der Waals surface area contributed by atoms with E-state index in [0.29, 0.717) is 27.1 Å². The molecule has 0 spiro atoms. The fourth-order valence-electron chi connectivity index (χ4n) is 12.8. The molecule has 10 atom stereocenters. The zero-order valence-corrected chi connectivity index (χ0v) is 22.6. The van der Waals surface area contributed by atoms with Crippen molar-refractivity contribution < 1.29 is 0 Å². The SMILES string of the molecule is CC(C)C1CC[C@]2(C)[C@H]3CC[C@@H]4[C@@]5(C)C[C@@H](C)CC(C)(C)[C@@H]5CC[C@@]4(C)[C@]3(C)CC[C@@H]12. The molecule has 0 radical (unpaired) electrons. The van der Waals surface area contributed by atoms with Gasteiger partial charge in [-0.05, 0) is 133 Å². The molecule has 178 valence electrons. The maximum atomic E-state index is 2.82. The molecule has 0 aromatic heterocycles. The zero-order valence-electron chi connectivity index (χ0n) is 22.6. The lowest BCUT2D eigenvalue weighted by Gasteiger charge is -2.73. The van der Waals surface area contributed by atoms with E-state index in [-0.39, 0.29) is 0 Å². The van der Waals surface area contributed by atoms with E-state index in [9.17, 15) is 0 Å².